The summed E-state index contributed by atoms with van der Waals surface area (Å²) < 4.78 is 0. The highest BCUT2D eigenvalue weighted by Crippen LogP contribution is 2.25. The van der Waals surface area contributed by atoms with Crippen molar-refractivity contribution in [3.05, 3.63) is 28.8 Å². The molecule has 0 radical (unpaired) electrons. The molecule has 1 heterocycles. The van der Waals surface area contributed by atoms with E-state index < -0.39 is 0 Å². The number of aromatic nitrogens is 2. The van der Waals surface area contributed by atoms with Crippen LogP contribution in [0.1, 0.15) is 0 Å². The number of likely N-dealkylation sites (N-methyl/N-ethyl adjacent to an activating group) is 2. The van der Waals surface area contributed by atoms with E-state index in [0.717, 1.165) is 18.8 Å². The fraction of sp³-hybridized carbons (Fsp3) is 0.333. The Hall–Kier alpha value is -2.08. The molecule has 1 aromatic carbocycles. The zero-order valence-corrected chi connectivity index (χ0v) is 10.5. The average molecular weight is 247 g/mol. The Morgan fingerprint density at radius 2 is 2.28 bits per heavy atom. The molecular weight excluding hydrogens is 230 g/mol. The third-order valence-corrected chi connectivity index (χ3v) is 2.90. The summed E-state index contributed by atoms with van der Waals surface area (Å²) in [5.74, 6) is 0. The molecule has 0 saturated carbocycles. The number of nitrogen functional groups attached to an aromatic ring is 1. The van der Waals surface area contributed by atoms with Crippen molar-refractivity contribution in [3.63, 3.8) is 0 Å². The van der Waals surface area contributed by atoms with Crippen LogP contribution in [0, 0.1) is 0 Å². The molecule has 4 N–H and O–H groups in total. The van der Waals surface area contributed by atoms with E-state index in [1.807, 2.05) is 25.1 Å². The van der Waals surface area contributed by atoms with Gasteiger partial charge in [0.1, 0.15) is 0 Å². The van der Waals surface area contributed by atoms with E-state index in [1.54, 1.807) is 6.07 Å². The molecule has 0 unspecified atom stereocenters. The van der Waals surface area contributed by atoms with Crippen LogP contribution in [0.5, 0.6) is 0 Å². The number of benzene rings is 1. The first kappa shape index (κ1) is 12.4. The maximum absolute atomic E-state index is 11.6. The molecule has 6 heteroatoms. The summed E-state index contributed by atoms with van der Waals surface area (Å²) in [4.78, 5) is 20.3. The largest absolute Gasteiger partial charge is 0.397 e. The quantitative estimate of drug-likeness (QED) is 0.670. The topological polar surface area (TPSA) is 87.0 Å². The number of rotatable bonds is 4. The molecule has 0 saturated heterocycles. The van der Waals surface area contributed by atoms with Gasteiger partial charge in [-0.15, -0.1) is 0 Å². The molecule has 96 valence electrons. The van der Waals surface area contributed by atoms with Gasteiger partial charge in [0.05, 0.1) is 28.6 Å². The zero-order valence-electron chi connectivity index (χ0n) is 10.5. The van der Waals surface area contributed by atoms with Gasteiger partial charge in [0, 0.05) is 20.1 Å². The summed E-state index contributed by atoms with van der Waals surface area (Å²) in [5.41, 5.74) is 7.94. The van der Waals surface area contributed by atoms with E-state index in [1.165, 1.54) is 6.33 Å². The van der Waals surface area contributed by atoms with E-state index in [2.05, 4.69) is 15.3 Å². The van der Waals surface area contributed by atoms with Gasteiger partial charge in [-0.1, -0.05) is 0 Å². The predicted molar refractivity (Wildman–Crippen MR) is 74.0 cm³/mol. The Morgan fingerprint density at radius 3 is 3.00 bits per heavy atom. The molecule has 6 nitrogen and oxygen atoms in total. The Bertz CT molecular complexity index is 607. The highest BCUT2D eigenvalue weighted by atomic mass is 16.1. The highest BCUT2D eigenvalue weighted by Gasteiger charge is 2.09. The van der Waals surface area contributed by atoms with Gasteiger partial charge in [0.2, 0.25) is 0 Å². The molecule has 2 rings (SSSR count). The number of H-pyrrole nitrogens is 1. The van der Waals surface area contributed by atoms with Crippen LogP contribution in [0.15, 0.2) is 23.3 Å². The number of anilines is 2. The van der Waals surface area contributed by atoms with Crippen LogP contribution >= 0.6 is 0 Å². The lowest BCUT2D eigenvalue weighted by Gasteiger charge is -2.21. The first-order valence-corrected chi connectivity index (χ1v) is 5.76. The molecule has 0 bridgehead atoms. The second-order valence-electron chi connectivity index (χ2n) is 4.18. The van der Waals surface area contributed by atoms with Crippen molar-refractivity contribution in [2.24, 2.45) is 0 Å². The van der Waals surface area contributed by atoms with E-state index in [-0.39, 0.29) is 5.56 Å². The minimum atomic E-state index is -0.170. The van der Waals surface area contributed by atoms with Gasteiger partial charge in [-0.2, -0.15) is 0 Å². The lowest BCUT2D eigenvalue weighted by Crippen LogP contribution is -2.27. The third-order valence-electron chi connectivity index (χ3n) is 2.90. The normalized spacial score (nSPS) is 10.8. The van der Waals surface area contributed by atoms with Gasteiger partial charge in [0.25, 0.3) is 5.56 Å². The Morgan fingerprint density at radius 1 is 1.50 bits per heavy atom. The fourth-order valence-corrected chi connectivity index (χ4v) is 1.85. The molecule has 0 atom stereocenters. The van der Waals surface area contributed by atoms with Gasteiger partial charge >= 0.3 is 0 Å². The second-order valence-corrected chi connectivity index (χ2v) is 4.18. The summed E-state index contributed by atoms with van der Waals surface area (Å²) in [6.45, 7) is 1.69. The molecule has 2 aromatic rings. The number of nitrogens with one attached hydrogen (secondary N) is 2. The molecule has 0 amide bonds. The van der Waals surface area contributed by atoms with E-state index in [4.69, 9.17) is 5.73 Å². The summed E-state index contributed by atoms with van der Waals surface area (Å²) in [7, 11) is 3.86. The summed E-state index contributed by atoms with van der Waals surface area (Å²) >= 11 is 0. The minimum absolute atomic E-state index is 0.170. The molecule has 0 spiro atoms. The molecule has 0 fully saturated rings. The molecule has 0 aliphatic heterocycles. The van der Waals surface area contributed by atoms with Crippen LogP contribution in [0.25, 0.3) is 10.9 Å². The van der Waals surface area contributed by atoms with Crippen LogP contribution in [0.4, 0.5) is 11.4 Å². The lowest BCUT2D eigenvalue weighted by molar-refractivity contribution is 0.768. The Kier molecular flexibility index (Phi) is 3.47. The van der Waals surface area contributed by atoms with E-state index >= 15 is 0 Å². The number of aromatic amines is 1. The highest BCUT2D eigenvalue weighted by molar-refractivity contribution is 5.88. The first-order chi connectivity index (χ1) is 8.63. The van der Waals surface area contributed by atoms with E-state index in [0.29, 0.717) is 16.6 Å². The van der Waals surface area contributed by atoms with E-state index in [9.17, 15) is 4.79 Å². The van der Waals surface area contributed by atoms with Gasteiger partial charge < -0.3 is 20.9 Å². The van der Waals surface area contributed by atoms with Gasteiger partial charge in [0.15, 0.2) is 0 Å². The van der Waals surface area contributed by atoms with Crippen molar-refractivity contribution in [1.82, 2.24) is 15.3 Å². The zero-order chi connectivity index (χ0) is 13.1. The monoisotopic (exact) mass is 247 g/mol. The fourth-order valence-electron chi connectivity index (χ4n) is 1.85. The number of hydrogen-bond acceptors (Lipinski definition) is 5. The second kappa shape index (κ2) is 5.05. The van der Waals surface area contributed by atoms with Crippen molar-refractivity contribution >= 4 is 22.3 Å². The minimum Gasteiger partial charge on any atom is -0.397 e. The molecule has 0 aliphatic rings. The number of hydrogen-bond donors (Lipinski definition) is 3. The van der Waals surface area contributed by atoms with Crippen molar-refractivity contribution in [3.8, 4) is 0 Å². The number of nitrogens with zero attached hydrogens (tertiary/aromatic N) is 2. The van der Waals surface area contributed by atoms with Gasteiger partial charge in [-0.25, -0.2) is 4.98 Å². The summed E-state index contributed by atoms with van der Waals surface area (Å²) in [5, 5.41) is 3.60. The van der Waals surface area contributed by atoms with Crippen molar-refractivity contribution in [2.45, 2.75) is 0 Å². The predicted octanol–water partition coefficient (Wildman–Crippen LogP) is 0.161. The summed E-state index contributed by atoms with van der Waals surface area (Å²) in [6.07, 6.45) is 1.40. The van der Waals surface area contributed by atoms with Crippen LogP contribution < -0.4 is 21.5 Å². The molecule has 1 aromatic heterocycles. The first-order valence-electron chi connectivity index (χ1n) is 5.76. The smallest absolute Gasteiger partial charge is 0.258 e. The SMILES string of the molecule is CNCCN(C)c1cc2nc[nH]c(=O)c2cc1N. The van der Waals surface area contributed by atoms with Crippen LogP contribution in [-0.2, 0) is 0 Å². The third kappa shape index (κ3) is 2.28. The average Bonchev–Trinajstić information content (AvgIpc) is 2.36. The van der Waals surface area contributed by atoms with Crippen LogP contribution in [-0.4, -0.2) is 37.2 Å². The van der Waals surface area contributed by atoms with Gasteiger partial charge in [-0.05, 0) is 19.2 Å². The number of fused-ring (bicyclic) bond motifs is 1. The molecular formula is C12H17N5O. The van der Waals surface area contributed by atoms with Crippen LogP contribution in [0.2, 0.25) is 0 Å². The van der Waals surface area contributed by atoms with Gasteiger partial charge in [-0.3, -0.25) is 4.79 Å². The number of nitrogens with two attached hydrogens (primary N) is 1. The summed E-state index contributed by atoms with van der Waals surface area (Å²) in [6, 6.07) is 3.52. The van der Waals surface area contributed by atoms with Crippen LogP contribution in [0.3, 0.4) is 0 Å². The standard InChI is InChI=1S/C12H17N5O/c1-14-3-4-17(2)11-6-10-8(5-9(11)13)12(18)16-7-15-10/h5-7,14H,3-4,13H2,1-2H3,(H,15,16,18). The Labute approximate surface area is 105 Å². The maximum Gasteiger partial charge on any atom is 0.258 e. The maximum atomic E-state index is 11.6. The van der Waals surface area contributed by atoms with Crippen molar-refractivity contribution in [1.29, 1.82) is 0 Å². The Balaban J connectivity index is 2.46. The van der Waals surface area contributed by atoms with Crippen molar-refractivity contribution < 1.29 is 0 Å². The molecule has 18 heavy (non-hydrogen) atoms. The lowest BCUT2D eigenvalue weighted by atomic mass is 10.2. The molecule has 0 aliphatic carbocycles. The van der Waals surface area contributed by atoms with Crippen molar-refractivity contribution in [2.75, 3.05) is 37.8 Å².